The van der Waals surface area contributed by atoms with Crippen LogP contribution in [0.3, 0.4) is 0 Å². The van der Waals surface area contributed by atoms with Crippen LogP contribution in [0.1, 0.15) is 11.1 Å². The molecule has 0 aliphatic carbocycles. The molecule has 0 unspecified atom stereocenters. The zero-order chi connectivity index (χ0) is 20.1. The molecule has 8 heteroatoms. The van der Waals surface area contributed by atoms with Crippen molar-refractivity contribution in [1.29, 1.82) is 0 Å². The maximum absolute atomic E-state index is 12.1. The summed E-state index contributed by atoms with van der Waals surface area (Å²) in [7, 11) is 0. The first-order valence-corrected chi connectivity index (χ1v) is 9.85. The lowest BCUT2D eigenvalue weighted by atomic mass is 10.1. The molecule has 0 spiro atoms. The van der Waals surface area contributed by atoms with Crippen molar-refractivity contribution in [3.05, 3.63) is 58.7 Å². The Morgan fingerprint density at radius 2 is 1.93 bits per heavy atom. The number of hydrogen-bond acceptors (Lipinski definition) is 6. The number of amides is 1. The minimum absolute atomic E-state index is 0.0324. The molecule has 3 rings (SSSR count). The number of nitrogens with one attached hydrogen (secondary N) is 1. The Kier molecular flexibility index (Phi) is 6.49. The summed E-state index contributed by atoms with van der Waals surface area (Å²) in [5, 5.41) is 3.74. The molecule has 0 saturated heterocycles. The molecule has 1 N–H and O–H groups in total. The number of nitrogens with zero attached hydrogens (tertiary/aromatic N) is 2. The number of thioether (sulfide) groups is 1. The van der Waals surface area contributed by atoms with Crippen molar-refractivity contribution in [2.24, 2.45) is 0 Å². The van der Waals surface area contributed by atoms with Gasteiger partial charge < -0.3 is 10.1 Å². The normalized spacial score (nSPS) is 10.7. The predicted octanol–water partition coefficient (Wildman–Crippen LogP) is 4.17. The third kappa shape index (κ3) is 5.21. The minimum atomic E-state index is -0.512. The van der Waals surface area contributed by atoms with Crippen LogP contribution in [0.25, 0.3) is 11.0 Å². The van der Waals surface area contributed by atoms with E-state index in [9.17, 15) is 9.59 Å². The van der Waals surface area contributed by atoms with Crippen molar-refractivity contribution < 1.29 is 14.3 Å². The van der Waals surface area contributed by atoms with E-state index in [4.69, 9.17) is 16.3 Å². The predicted molar refractivity (Wildman–Crippen MR) is 111 cm³/mol. The van der Waals surface area contributed by atoms with Gasteiger partial charge in [-0.25, -0.2) is 4.98 Å². The molecule has 0 fully saturated rings. The first kappa shape index (κ1) is 20.1. The highest BCUT2D eigenvalue weighted by molar-refractivity contribution is 7.99. The van der Waals surface area contributed by atoms with Crippen LogP contribution in [-0.4, -0.2) is 34.2 Å². The number of carbonyl (C=O) groups excluding carboxylic acids is 2. The zero-order valence-corrected chi connectivity index (χ0v) is 16.9. The average molecular weight is 416 g/mol. The fourth-order valence-electron chi connectivity index (χ4n) is 2.58. The van der Waals surface area contributed by atoms with E-state index in [1.165, 1.54) is 11.8 Å². The Morgan fingerprint density at radius 1 is 1.18 bits per heavy atom. The molecular formula is C20H18ClN3O3S. The van der Waals surface area contributed by atoms with E-state index in [1.54, 1.807) is 12.3 Å². The molecule has 6 nitrogen and oxygen atoms in total. The van der Waals surface area contributed by atoms with E-state index >= 15 is 0 Å². The van der Waals surface area contributed by atoms with Gasteiger partial charge in [-0.15, -0.1) is 0 Å². The van der Waals surface area contributed by atoms with Gasteiger partial charge in [-0.2, -0.15) is 0 Å². The van der Waals surface area contributed by atoms with Gasteiger partial charge in [0, 0.05) is 0 Å². The topological polar surface area (TPSA) is 81.2 Å². The molecule has 0 aliphatic heterocycles. The minimum Gasteiger partial charge on any atom is -0.455 e. The highest BCUT2D eigenvalue weighted by Gasteiger charge is 2.12. The van der Waals surface area contributed by atoms with E-state index in [-0.39, 0.29) is 12.4 Å². The van der Waals surface area contributed by atoms with Crippen LogP contribution in [0.5, 0.6) is 0 Å². The van der Waals surface area contributed by atoms with E-state index in [2.05, 4.69) is 15.3 Å². The summed E-state index contributed by atoms with van der Waals surface area (Å²) in [6.07, 6.45) is 1.61. The Morgan fingerprint density at radius 3 is 2.68 bits per heavy atom. The molecule has 0 saturated carbocycles. The van der Waals surface area contributed by atoms with E-state index in [0.29, 0.717) is 15.7 Å². The van der Waals surface area contributed by atoms with Gasteiger partial charge in [0.05, 0.1) is 33.7 Å². The summed E-state index contributed by atoms with van der Waals surface area (Å²) in [5.74, 6) is -0.926. The Balaban J connectivity index is 1.49. The second kappa shape index (κ2) is 9.03. The molecule has 0 bridgehead atoms. The standard InChI is InChI=1S/C20H18ClN3O3S/c1-12-7-13(2)20(14(21)8-12)24-17(25)10-27-19(26)11-28-18-9-22-15-5-3-4-6-16(15)23-18/h3-9H,10-11H2,1-2H3,(H,24,25). The summed E-state index contributed by atoms with van der Waals surface area (Å²) in [4.78, 5) is 32.7. The highest BCUT2D eigenvalue weighted by atomic mass is 35.5. The van der Waals surface area contributed by atoms with Gasteiger partial charge in [-0.3, -0.25) is 14.6 Å². The number of aryl methyl sites for hydroxylation is 2. The molecule has 1 aromatic heterocycles. The number of anilines is 1. The molecule has 3 aromatic rings. The number of aromatic nitrogens is 2. The summed E-state index contributed by atoms with van der Waals surface area (Å²) in [6.45, 7) is 3.39. The number of esters is 1. The highest BCUT2D eigenvalue weighted by Crippen LogP contribution is 2.27. The number of rotatable bonds is 6. The molecule has 0 atom stereocenters. The Labute approximate surface area is 171 Å². The second-order valence-corrected chi connectivity index (χ2v) is 7.54. The van der Waals surface area contributed by atoms with Crippen molar-refractivity contribution in [2.45, 2.75) is 18.9 Å². The van der Waals surface area contributed by atoms with Crippen molar-refractivity contribution >= 4 is 52.0 Å². The molecular weight excluding hydrogens is 398 g/mol. The number of halogens is 1. The largest absolute Gasteiger partial charge is 0.455 e. The molecule has 1 heterocycles. The number of fused-ring (bicyclic) bond motifs is 1. The Bertz CT molecular complexity index is 1020. The lowest BCUT2D eigenvalue weighted by molar-refractivity contribution is -0.144. The summed E-state index contributed by atoms with van der Waals surface area (Å²) in [5.41, 5.74) is 3.91. The third-order valence-corrected chi connectivity index (χ3v) is 5.00. The smallest absolute Gasteiger partial charge is 0.316 e. The van der Waals surface area contributed by atoms with Crippen molar-refractivity contribution in [2.75, 3.05) is 17.7 Å². The first-order chi connectivity index (χ1) is 13.4. The van der Waals surface area contributed by atoms with Gasteiger partial charge in [0.2, 0.25) is 0 Å². The second-order valence-electron chi connectivity index (χ2n) is 6.13. The van der Waals surface area contributed by atoms with Crippen LogP contribution >= 0.6 is 23.4 Å². The van der Waals surface area contributed by atoms with Crippen LogP contribution in [0.4, 0.5) is 5.69 Å². The summed E-state index contributed by atoms with van der Waals surface area (Å²) < 4.78 is 5.03. The molecule has 1 amide bonds. The number of carbonyl (C=O) groups is 2. The maximum atomic E-state index is 12.1. The van der Waals surface area contributed by atoms with Crippen molar-refractivity contribution in [1.82, 2.24) is 9.97 Å². The van der Waals surface area contributed by atoms with Gasteiger partial charge in [-0.05, 0) is 43.2 Å². The molecule has 28 heavy (non-hydrogen) atoms. The maximum Gasteiger partial charge on any atom is 0.316 e. The van der Waals surface area contributed by atoms with Gasteiger partial charge in [0.1, 0.15) is 5.03 Å². The third-order valence-electron chi connectivity index (χ3n) is 3.82. The monoisotopic (exact) mass is 415 g/mol. The average Bonchev–Trinajstić information content (AvgIpc) is 2.67. The van der Waals surface area contributed by atoms with Crippen LogP contribution in [0.2, 0.25) is 5.02 Å². The van der Waals surface area contributed by atoms with Crippen molar-refractivity contribution in [3.63, 3.8) is 0 Å². The fourth-order valence-corrected chi connectivity index (χ4v) is 3.59. The number of ether oxygens (including phenoxy) is 1. The van der Waals surface area contributed by atoms with Gasteiger partial charge >= 0.3 is 5.97 Å². The molecule has 144 valence electrons. The molecule has 2 aromatic carbocycles. The fraction of sp³-hybridized carbons (Fsp3) is 0.200. The zero-order valence-electron chi connectivity index (χ0n) is 15.4. The van der Waals surface area contributed by atoms with Crippen LogP contribution in [0.15, 0.2) is 47.6 Å². The lowest BCUT2D eigenvalue weighted by Gasteiger charge is -2.11. The molecule has 0 aliphatic rings. The van der Waals surface area contributed by atoms with Crippen LogP contribution in [-0.2, 0) is 14.3 Å². The van der Waals surface area contributed by atoms with Gasteiger partial charge in [0.25, 0.3) is 5.91 Å². The quantitative estimate of drug-likeness (QED) is 0.480. The Hall–Kier alpha value is -2.64. The lowest BCUT2D eigenvalue weighted by Crippen LogP contribution is -2.22. The summed E-state index contributed by atoms with van der Waals surface area (Å²) >= 11 is 7.37. The van der Waals surface area contributed by atoms with Gasteiger partial charge in [-0.1, -0.05) is 41.6 Å². The van der Waals surface area contributed by atoms with Crippen LogP contribution < -0.4 is 5.32 Å². The summed E-state index contributed by atoms with van der Waals surface area (Å²) in [6, 6.07) is 11.2. The first-order valence-electron chi connectivity index (χ1n) is 8.49. The van der Waals surface area contributed by atoms with Crippen molar-refractivity contribution in [3.8, 4) is 0 Å². The van der Waals surface area contributed by atoms with Gasteiger partial charge in [0.15, 0.2) is 6.61 Å². The van der Waals surface area contributed by atoms with E-state index in [0.717, 1.165) is 22.2 Å². The van der Waals surface area contributed by atoms with Crippen LogP contribution in [0, 0.1) is 13.8 Å². The number of para-hydroxylation sites is 2. The SMILES string of the molecule is Cc1cc(C)c(NC(=O)COC(=O)CSc2cnc3ccccc3n2)c(Cl)c1. The number of benzene rings is 2. The number of hydrogen-bond donors (Lipinski definition) is 1. The van der Waals surface area contributed by atoms with E-state index < -0.39 is 11.9 Å². The molecule has 0 radical (unpaired) electrons. The van der Waals surface area contributed by atoms with E-state index in [1.807, 2.05) is 44.2 Å².